The van der Waals surface area contributed by atoms with Crippen LogP contribution < -0.4 is 0 Å². The van der Waals surface area contributed by atoms with Crippen molar-refractivity contribution in [3.63, 3.8) is 0 Å². The van der Waals surface area contributed by atoms with Crippen LogP contribution in [-0.2, 0) is 0 Å². The first-order chi connectivity index (χ1) is 27.3. The quantitative estimate of drug-likeness (QED) is 0.172. The van der Waals surface area contributed by atoms with Gasteiger partial charge in [-0.05, 0) is 82.2 Å². The largest absolute Gasteiger partial charge is 0.309 e. The molecule has 12 rings (SSSR count). The highest BCUT2D eigenvalue weighted by molar-refractivity contribution is 7.26. The summed E-state index contributed by atoms with van der Waals surface area (Å²) in [6, 6.07) is 71.4. The van der Waals surface area contributed by atoms with E-state index in [9.17, 15) is 0 Å². The van der Waals surface area contributed by atoms with Crippen LogP contribution in [0.4, 0.5) is 0 Å². The summed E-state index contributed by atoms with van der Waals surface area (Å²) in [5.74, 6) is 0. The molecule has 3 heterocycles. The molecule has 0 radical (unpaired) electrons. The SMILES string of the molecule is c1ccc(-c2cccc3c2c2cc(-c4ccc5c(c4)c4ccc6ccccc6c4n5-c4cccc5c4sc4ccccc45)ccc2n3-c2ccccc2)cc1. The Balaban J connectivity index is 1.14. The van der Waals surface area contributed by atoms with Gasteiger partial charge in [-0.3, -0.25) is 0 Å². The third-order valence-corrected chi connectivity index (χ3v) is 12.7. The van der Waals surface area contributed by atoms with Gasteiger partial charge in [0.1, 0.15) is 0 Å². The number of thiophene rings is 1. The molecule has 0 aliphatic heterocycles. The van der Waals surface area contributed by atoms with Gasteiger partial charge in [-0.1, -0.05) is 140 Å². The molecule has 0 unspecified atom stereocenters. The average Bonchev–Trinajstić information content (AvgIpc) is 3.92. The van der Waals surface area contributed by atoms with Crippen molar-refractivity contribution in [1.82, 2.24) is 9.13 Å². The topological polar surface area (TPSA) is 9.86 Å². The lowest BCUT2D eigenvalue weighted by Gasteiger charge is -2.11. The second kappa shape index (κ2) is 11.8. The number of hydrogen-bond acceptors (Lipinski definition) is 1. The van der Waals surface area contributed by atoms with Gasteiger partial charge in [0, 0.05) is 48.1 Å². The lowest BCUT2D eigenvalue weighted by atomic mass is 9.97. The van der Waals surface area contributed by atoms with Crippen LogP contribution >= 0.6 is 11.3 Å². The maximum absolute atomic E-state index is 2.53. The van der Waals surface area contributed by atoms with Crippen molar-refractivity contribution in [3.8, 4) is 33.6 Å². The van der Waals surface area contributed by atoms with Crippen LogP contribution in [0.3, 0.4) is 0 Å². The van der Waals surface area contributed by atoms with Gasteiger partial charge in [-0.15, -0.1) is 11.3 Å². The Bertz CT molecular complexity index is 3470. The molecule has 0 fully saturated rings. The summed E-state index contributed by atoms with van der Waals surface area (Å²) in [5, 5.41) is 10.2. The molecule has 0 saturated carbocycles. The molecule has 0 spiro atoms. The lowest BCUT2D eigenvalue weighted by Crippen LogP contribution is -1.95. The fraction of sp³-hybridized carbons (Fsp3) is 0. The summed E-state index contributed by atoms with van der Waals surface area (Å²) in [6.45, 7) is 0. The molecule has 0 amide bonds. The van der Waals surface area contributed by atoms with E-state index in [0.717, 1.165) is 5.69 Å². The summed E-state index contributed by atoms with van der Waals surface area (Å²) in [6.07, 6.45) is 0. The van der Waals surface area contributed by atoms with E-state index in [1.807, 2.05) is 11.3 Å². The van der Waals surface area contributed by atoms with Crippen molar-refractivity contribution in [2.45, 2.75) is 0 Å². The van der Waals surface area contributed by atoms with E-state index in [-0.39, 0.29) is 0 Å². The minimum absolute atomic E-state index is 1.16. The Kier molecular flexibility index (Phi) is 6.54. The molecule has 0 saturated heterocycles. The van der Waals surface area contributed by atoms with Crippen LogP contribution in [0.15, 0.2) is 194 Å². The molecule has 0 aliphatic carbocycles. The first-order valence-corrected chi connectivity index (χ1v) is 19.7. The third kappa shape index (κ3) is 4.48. The van der Waals surface area contributed by atoms with Crippen LogP contribution in [0.25, 0.3) is 108 Å². The number of rotatable bonds is 4. The van der Waals surface area contributed by atoms with Crippen LogP contribution in [0.1, 0.15) is 0 Å². The summed E-state index contributed by atoms with van der Waals surface area (Å²) in [4.78, 5) is 0. The Labute approximate surface area is 321 Å². The van der Waals surface area contributed by atoms with E-state index in [1.165, 1.54) is 102 Å². The van der Waals surface area contributed by atoms with E-state index in [1.54, 1.807) is 0 Å². The van der Waals surface area contributed by atoms with E-state index < -0.39 is 0 Å². The molecule has 0 N–H and O–H groups in total. The molecule has 3 aromatic heterocycles. The smallest absolute Gasteiger partial charge is 0.0641 e. The average molecular weight is 717 g/mol. The van der Waals surface area contributed by atoms with Gasteiger partial charge in [0.15, 0.2) is 0 Å². The van der Waals surface area contributed by atoms with Crippen LogP contribution in [0, 0.1) is 0 Å². The van der Waals surface area contributed by atoms with Gasteiger partial charge >= 0.3 is 0 Å². The third-order valence-electron chi connectivity index (χ3n) is 11.5. The summed E-state index contributed by atoms with van der Waals surface area (Å²) in [7, 11) is 0. The molecule has 3 heteroatoms. The number of aromatic nitrogens is 2. The van der Waals surface area contributed by atoms with Crippen molar-refractivity contribution in [2.24, 2.45) is 0 Å². The number of para-hydroxylation sites is 1. The number of hydrogen-bond donors (Lipinski definition) is 0. The van der Waals surface area contributed by atoms with E-state index in [2.05, 4.69) is 203 Å². The van der Waals surface area contributed by atoms with Crippen molar-refractivity contribution < 1.29 is 0 Å². The predicted molar refractivity (Wildman–Crippen MR) is 236 cm³/mol. The Morgan fingerprint density at radius 2 is 1.04 bits per heavy atom. The molecule has 2 nitrogen and oxygen atoms in total. The van der Waals surface area contributed by atoms with Gasteiger partial charge in [0.25, 0.3) is 0 Å². The molecule has 0 aliphatic rings. The second-order valence-corrected chi connectivity index (χ2v) is 15.5. The standard InChI is InChI=1S/C52H32N2S/c1-3-13-33(14-4-1)38-20-11-22-47-50(38)44-32-36(27-30-46(44)53(47)37-16-5-2-6-17-37)35-26-29-45-43(31-35)41-28-25-34-15-7-8-18-39(34)51(41)54(45)48-23-12-21-42-40-19-9-10-24-49(40)55-52(42)48/h1-32H. The lowest BCUT2D eigenvalue weighted by molar-refractivity contribution is 1.18. The number of benzene rings is 9. The van der Waals surface area contributed by atoms with Crippen molar-refractivity contribution in [2.75, 3.05) is 0 Å². The van der Waals surface area contributed by atoms with Crippen LogP contribution in [0.2, 0.25) is 0 Å². The Morgan fingerprint density at radius 1 is 0.364 bits per heavy atom. The zero-order valence-corrected chi connectivity index (χ0v) is 30.6. The fourth-order valence-corrected chi connectivity index (χ4v) is 10.3. The van der Waals surface area contributed by atoms with Gasteiger partial charge < -0.3 is 9.13 Å². The first kappa shape index (κ1) is 30.5. The molecule has 256 valence electrons. The molecule has 0 bridgehead atoms. The Hall–Kier alpha value is -6.94. The molecule has 55 heavy (non-hydrogen) atoms. The minimum atomic E-state index is 1.16. The number of fused-ring (bicyclic) bond motifs is 11. The van der Waals surface area contributed by atoms with E-state index in [4.69, 9.17) is 0 Å². The van der Waals surface area contributed by atoms with Gasteiger partial charge in [-0.25, -0.2) is 0 Å². The monoisotopic (exact) mass is 716 g/mol. The van der Waals surface area contributed by atoms with Crippen molar-refractivity contribution in [3.05, 3.63) is 194 Å². The maximum Gasteiger partial charge on any atom is 0.0641 e. The zero-order valence-electron chi connectivity index (χ0n) is 29.8. The van der Waals surface area contributed by atoms with Crippen molar-refractivity contribution >= 4 is 85.9 Å². The summed E-state index contributed by atoms with van der Waals surface area (Å²) >= 11 is 1.89. The van der Waals surface area contributed by atoms with Gasteiger partial charge in [0.2, 0.25) is 0 Å². The normalized spacial score (nSPS) is 12.0. The molecular formula is C52H32N2S. The van der Waals surface area contributed by atoms with Crippen molar-refractivity contribution in [1.29, 1.82) is 0 Å². The zero-order chi connectivity index (χ0) is 36.0. The second-order valence-electron chi connectivity index (χ2n) is 14.5. The summed E-state index contributed by atoms with van der Waals surface area (Å²) in [5.41, 5.74) is 12.2. The fourth-order valence-electron chi connectivity index (χ4n) is 9.08. The highest BCUT2D eigenvalue weighted by Crippen LogP contribution is 2.44. The molecule has 0 atom stereocenters. The molecular weight excluding hydrogens is 685 g/mol. The summed E-state index contributed by atoms with van der Waals surface area (Å²) < 4.78 is 7.57. The Morgan fingerprint density at radius 3 is 1.87 bits per heavy atom. The molecule has 12 aromatic rings. The van der Waals surface area contributed by atoms with Gasteiger partial charge in [0.05, 0.1) is 32.5 Å². The highest BCUT2D eigenvalue weighted by Gasteiger charge is 2.21. The van der Waals surface area contributed by atoms with E-state index >= 15 is 0 Å². The van der Waals surface area contributed by atoms with E-state index in [0.29, 0.717) is 0 Å². The van der Waals surface area contributed by atoms with Crippen LogP contribution in [-0.4, -0.2) is 9.13 Å². The predicted octanol–water partition coefficient (Wildman–Crippen LogP) is 14.7. The number of nitrogens with zero attached hydrogens (tertiary/aromatic N) is 2. The van der Waals surface area contributed by atoms with Crippen LogP contribution in [0.5, 0.6) is 0 Å². The molecule has 9 aromatic carbocycles. The minimum Gasteiger partial charge on any atom is -0.309 e. The first-order valence-electron chi connectivity index (χ1n) is 18.9. The highest BCUT2D eigenvalue weighted by atomic mass is 32.1. The van der Waals surface area contributed by atoms with Gasteiger partial charge in [-0.2, -0.15) is 0 Å². The maximum atomic E-state index is 2.53.